The van der Waals surface area contributed by atoms with Crippen molar-refractivity contribution in [3.05, 3.63) is 57.4 Å². The van der Waals surface area contributed by atoms with Crippen molar-refractivity contribution in [2.75, 3.05) is 0 Å². The molecule has 112 valence electrons. The van der Waals surface area contributed by atoms with Gasteiger partial charge in [-0.1, -0.05) is 0 Å². The number of carboxylic acid groups (broad SMARTS) is 1. The van der Waals surface area contributed by atoms with Crippen molar-refractivity contribution in [1.82, 2.24) is 9.97 Å². The third kappa shape index (κ3) is 2.52. The summed E-state index contributed by atoms with van der Waals surface area (Å²) in [5, 5.41) is 17.2. The van der Waals surface area contributed by atoms with Gasteiger partial charge in [0.1, 0.15) is 0 Å². The molecule has 0 radical (unpaired) electrons. The van der Waals surface area contributed by atoms with E-state index in [4.69, 9.17) is 15.1 Å². The maximum Gasteiger partial charge on any atom is 0.335 e. The minimum atomic E-state index is -0.965. The van der Waals surface area contributed by atoms with Crippen molar-refractivity contribution < 1.29 is 9.90 Å². The summed E-state index contributed by atoms with van der Waals surface area (Å²) >= 11 is 3.20. The number of aromatic carboxylic acids is 1. The van der Waals surface area contributed by atoms with Crippen molar-refractivity contribution >= 4 is 39.7 Å². The van der Waals surface area contributed by atoms with Crippen molar-refractivity contribution in [2.45, 2.75) is 0 Å². The molecule has 6 heteroatoms. The zero-order chi connectivity index (χ0) is 15.8. The van der Waals surface area contributed by atoms with Crippen LogP contribution in [0.3, 0.4) is 0 Å². The van der Waals surface area contributed by atoms with Crippen LogP contribution in [0.5, 0.6) is 0 Å². The summed E-state index contributed by atoms with van der Waals surface area (Å²) in [5.74, 6) is -0.965. The highest BCUT2D eigenvalue weighted by molar-refractivity contribution is 7.08. The van der Waals surface area contributed by atoms with Crippen LogP contribution in [-0.2, 0) is 0 Å². The molecule has 0 amide bonds. The Morgan fingerprint density at radius 1 is 0.870 bits per heavy atom. The Bertz CT molecular complexity index is 993. The number of hydrogen-bond acceptors (Lipinski definition) is 5. The third-order valence-corrected chi connectivity index (χ3v) is 4.87. The van der Waals surface area contributed by atoms with Crippen molar-refractivity contribution in [1.29, 1.82) is 0 Å². The summed E-state index contributed by atoms with van der Waals surface area (Å²) in [7, 11) is 0. The lowest BCUT2D eigenvalue weighted by Gasteiger charge is -2.08. The van der Waals surface area contributed by atoms with Gasteiger partial charge in [0.15, 0.2) is 0 Å². The SMILES string of the molecule is O=C(O)c1ccc2nc(-c3ccsc3)c(-c3ccsc3)nc2c1. The number of thiophene rings is 2. The zero-order valence-electron chi connectivity index (χ0n) is 11.8. The molecule has 4 aromatic rings. The molecule has 3 aromatic heterocycles. The lowest BCUT2D eigenvalue weighted by molar-refractivity contribution is 0.0697. The molecule has 0 atom stereocenters. The van der Waals surface area contributed by atoms with Crippen molar-refractivity contribution in [3.63, 3.8) is 0 Å². The molecule has 0 saturated carbocycles. The van der Waals surface area contributed by atoms with Gasteiger partial charge < -0.3 is 5.11 Å². The van der Waals surface area contributed by atoms with E-state index in [2.05, 4.69) is 0 Å². The fraction of sp³-hybridized carbons (Fsp3) is 0. The van der Waals surface area contributed by atoms with Gasteiger partial charge in [-0.25, -0.2) is 14.8 Å². The second kappa shape index (κ2) is 5.57. The average molecular weight is 338 g/mol. The number of hydrogen-bond donors (Lipinski definition) is 1. The Morgan fingerprint density at radius 3 is 2.00 bits per heavy atom. The largest absolute Gasteiger partial charge is 0.478 e. The third-order valence-electron chi connectivity index (χ3n) is 3.50. The number of benzene rings is 1. The molecule has 0 fully saturated rings. The van der Waals surface area contributed by atoms with Crippen LogP contribution in [0.15, 0.2) is 51.9 Å². The minimum absolute atomic E-state index is 0.214. The minimum Gasteiger partial charge on any atom is -0.478 e. The second-order valence-corrected chi connectivity index (χ2v) is 6.51. The number of nitrogens with zero attached hydrogens (tertiary/aromatic N) is 2. The molecule has 23 heavy (non-hydrogen) atoms. The number of carbonyl (C=O) groups is 1. The summed E-state index contributed by atoms with van der Waals surface area (Å²) < 4.78 is 0. The summed E-state index contributed by atoms with van der Waals surface area (Å²) in [4.78, 5) is 20.6. The summed E-state index contributed by atoms with van der Waals surface area (Å²) in [6, 6.07) is 8.84. The first-order valence-electron chi connectivity index (χ1n) is 6.82. The molecule has 0 aliphatic rings. The first-order valence-corrected chi connectivity index (χ1v) is 8.71. The molecule has 0 aliphatic heterocycles. The lowest BCUT2D eigenvalue weighted by atomic mass is 10.1. The van der Waals surface area contributed by atoms with Crippen LogP contribution >= 0.6 is 22.7 Å². The van der Waals surface area contributed by atoms with Crippen LogP contribution in [0.2, 0.25) is 0 Å². The van der Waals surface area contributed by atoms with Crippen LogP contribution in [0, 0.1) is 0 Å². The Hall–Kier alpha value is -2.57. The topological polar surface area (TPSA) is 63.1 Å². The highest BCUT2D eigenvalue weighted by Gasteiger charge is 2.15. The summed E-state index contributed by atoms with van der Waals surface area (Å²) in [6.45, 7) is 0. The van der Waals surface area contributed by atoms with E-state index in [1.165, 1.54) is 0 Å². The Kier molecular flexibility index (Phi) is 3.40. The first-order chi connectivity index (χ1) is 11.2. The normalized spacial score (nSPS) is 11.0. The van der Waals surface area contributed by atoms with Gasteiger partial charge in [0.2, 0.25) is 0 Å². The maximum absolute atomic E-state index is 11.2. The Labute approximate surface area is 139 Å². The van der Waals surface area contributed by atoms with E-state index in [1.807, 2.05) is 33.7 Å². The monoisotopic (exact) mass is 338 g/mol. The molecule has 0 unspecified atom stereocenters. The summed E-state index contributed by atoms with van der Waals surface area (Å²) in [5.41, 5.74) is 5.10. The van der Waals surface area contributed by atoms with Gasteiger partial charge in [0, 0.05) is 21.9 Å². The van der Waals surface area contributed by atoms with Gasteiger partial charge in [0.25, 0.3) is 0 Å². The molecule has 3 heterocycles. The highest BCUT2D eigenvalue weighted by atomic mass is 32.1. The van der Waals surface area contributed by atoms with E-state index >= 15 is 0 Å². The van der Waals surface area contributed by atoms with E-state index in [0.29, 0.717) is 11.0 Å². The van der Waals surface area contributed by atoms with Gasteiger partial charge in [0.05, 0.1) is 28.0 Å². The van der Waals surface area contributed by atoms with Crippen LogP contribution in [0.1, 0.15) is 10.4 Å². The van der Waals surface area contributed by atoms with Gasteiger partial charge >= 0.3 is 5.97 Å². The van der Waals surface area contributed by atoms with E-state index in [9.17, 15) is 4.79 Å². The smallest absolute Gasteiger partial charge is 0.335 e. The van der Waals surface area contributed by atoms with Gasteiger partial charge in [-0.05, 0) is 41.1 Å². The molecule has 1 N–H and O–H groups in total. The maximum atomic E-state index is 11.2. The number of aromatic nitrogens is 2. The van der Waals surface area contributed by atoms with E-state index < -0.39 is 5.97 Å². The highest BCUT2D eigenvalue weighted by Crippen LogP contribution is 2.33. The Balaban J connectivity index is 2.02. The molecule has 0 spiro atoms. The zero-order valence-corrected chi connectivity index (χ0v) is 13.4. The average Bonchev–Trinajstić information content (AvgIpc) is 3.26. The first kappa shape index (κ1) is 14.0. The van der Waals surface area contributed by atoms with Crippen LogP contribution in [0.4, 0.5) is 0 Å². The van der Waals surface area contributed by atoms with E-state index in [1.54, 1.807) is 40.9 Å². The fourth-order valence-corrected chi connectivity index (χ4v) is 3.67. The number of fused-ring (bicyclic) bond motifs is 1. The van der Waals surface area contributed by atoms with Crippen molar-refractivity contribution in [3.8, 4) is 22.5 Å². The second-order valence-electron chi connectivity index (χ2n) is 4.95. The van der Waals surface area contributed by atoms with E-state index in [0.717, 1.165) is 22.5 Å². The van der Waals surface area contributed by atoms with Crippen LogP contribution in [0.25, 0.3) is 33.5 Å². The fourth-order valence-electron chi connectivity index (χ4n) is 2.39. The standard InChI is InChI=1S/C17H10N2O2S2/c20-17(21)10-1-2-13-14(7-10)19-16(12-4-6-23-9-12)15(18-13)11-3-5-22-8-11/h1-9H,(H,20,21). The van der Waals surface area contributed by atoms with Crippen molar-refractivity contribution in [2.24, 2.45) is 0 Å². The Morgan fingerprint density at radius 2 is 1.48 bits per heavy atom. The molecule has 4 nitrogen and oxygen atoms in total. The van der Waals surface area contributed by atoms with Gasteiger partial charge in [-0.15, -0.1) is 0 Å². The summed E-state index contributed by atoms with van der Waals surface area (Å²) in [6.07, 6.45) is 0. The predicted molar refractivity (Wildman–Crippen MR) is 93.1 cm³/mol. The molecular weight excluding hydrogens is 328 g/mol. The molecule has 0 aliphatic carbocycles. The van der Waals surface area contributed by atoms with Gasteiger partial charge in [-0.3, -0.25) is 0 Å². The molecule has 1 aromatic carbocycles. The van der Waals surface area contributed by atoms with E-state index in [-0.39, 0.29) is 5.56 Å². The molecular formula is C17H10N2O2S2. The predicted octanol–water partition coefficient (Wildman–Crippen LogP) is 4.79. The van der Waals surface area contributed by atoms with Crippen LogP contribution < -0.4 is 0 Å². The van der Waals surface area contributed by atoms with Crippen LogP contribution in [-0.4, -0.2) is 21.0 Å². The molecule has 0 bridgehead atoms. The lowest BCUT2D eigenvalue weighted by Crippen LogP contribution is -1.99. The quantitative estimate of drug-likeness (QED) is 0.583. The molecule has 0 saturated heterocycles. The molecule has 4 rings (SSSR count). The van der Waals surface area contributed by atoms with Gasteiger partial charge in [-0.2, -0.15) is 22.7 Å². The number of carboxylic acids is 1. The number of rotatable bonds is 3.